The molecule has 0 radical (unpaired) electrons. The Hall–Kier alpha value is -2.29. The Morgan fingerprint density at radius 2 is 1.67 bits per heavy atom. The molecule has 0 N–H and O–H groups in total. The van der Waals surface area contributed by atoms with E-state index in [0.29, 0.717) is 16.6 Å². The Morgan fingerprint density at radius 1 is 0.967 bits per heavy atom. The van der Waals surface area contributed by atoms with E-state index in [0.717, 1.165) is 23.2 Å². The summed E-state index contributed by atoms with van der Waals surface area (Å²) in [7, 11) is 0.611. The van der Waals surface area contributed by atoms with Crippen molar-refractivity contribution in [2.45, 2.75) is 24.2 Å². The Labute approximate surface area is 182 Å². The molecule has 1 heterocycles. The standard InChI is InChI=1S/C22H27N3O3S2/c1-24(2)15-9-16-25(22-23-19-12-6-7-13-20(19)29-22)21(26)14-8-17-30(27,28)18-10-4-3-5-11-18/h3-7,10-13H,8-9,14-17H2,1-2H3. The normalized spacial score (nSPS) is 11.8. The maximum absolute atomic E-state index is 13.0. The first-order chi connectivity index (χ1) is 14.4. The van der Waals surface area contributed by atoms with Crippen LogP contribution < -0.4 is 4.90 Å². The number of nitrogens with zero attached hydrogens (tertiary/aromatic N) is 3. The fourth-order valence-corrected chi connectivity index (χ4v) is 5.48. The molecule has 0 aliphatic rings. The van der Waals surface area contributed by atoms with Crippen molar-refractivity contribution in [1.29, 1.82) is 0 Å². The van der Waals surface area contributed by atoms with E-state index in [2.05, 4.69) is 9.88 Å². The average molecular weight is 446 g/mol. The molecule has 0 fully saturated rings. The van der Waals surface area contributed by atoms with Crippen LogP contribution in [0.5, 0.6) is 0 Å². The zero-order valence-corrected chi connectivity index (χ0v) is 19.0. The minimum Gasteiger partial charge on any atom is -0.309 e. The molecule has 3 aromatic rings. The van der Waals surface area contributed by atoms with Gasteiger partial charge in [-0.25, -0.2) is 13.4 Å². The zero-order valence-electron chi connectivity index (χ0n) is 17.3. The van der Waals surface area contributed by atoms with Crippen LogP contribution in [0.1, 0.15) is 19.3 Å². The third kappa shape index (κ3) is 5.87. The molecule has 8 heteroatoms. The second kappa shape index (κ2) is 10.1. The number of benzene rings is 2. The van der Waals surface area contributed by atoms with Crippen LogP contribution in [0.4, 0.5) is 5.13 Å². The van der Waals surface area contributed by atoms with Crippen LogP contribution in [0.15, 0.2) is 59.5 Å². The van der Waals surface area contributed by atoms with Crippen molar-refractivity contribution in [2.24, 2.45) is 0 Å². The van der Waals surface area contributed by atoms with E-state index >= 15 is 0 Å². The topological polar surface area (TPSA) is 70.6 Å². The highest BCUT2D eigenvalue weighted by Crippen LogP contribution is 2.29. The third-order valence-electron chi connectivity index (χ3n) is 4.71. The largest absolute Gasteiger partial charge is 0.309 e. The summed E-state index contributed by atoms with van der Waals surface area (Å²) in [5.74, 6) is -0.134. The molecule has 3 rings (SSSR count). The van der Waals surface area contributed by atoms with Gasteiger partial charge < -0.3 is 4.90 Å². The lowest BCUT2D eigenvalue weighted by Crippen LogP contribution is -2.33. The number of rotatable bonds is 10. The van der Waals surface area contributed by atoms with Gasteiger partial charge in [-0.05, 0) is 57.7 Å². The summed E-state index contributed by atoms with van der Waals surface area (Å²) in [4.78, 5) is 21.7. The molecule has 0 unspecified atom stereocenters. The van der Waals surface area contributed by atoms with Crippen molar-refractivity contribution in [3.05, 3.63) is 54.6 Å². The Bertz CT molecular complexity index is 1050. The zero-order chi connectivity index (χ0) is 21.6. The van der Waals surface area contributed by atoms with E-state index in [4.69, 9.17) is 0 Å². The van der Waals surface area contributed by atoms with Crippen LogP contribution in [-0.4, -0.2) is 57.1 Å². The summed E-state index contributed by atoms with van der Waals surface area (Å²) in [6.45, 7) is 1.42. The molecule has 6 nitrogen and oxygen atoms in total. The van der Waals surface area contributed by atoms with Gasteiger partial charge in [-0.3, -0.25) is 9.69 Å². The van der Waals surface area contributed by atoms with E-state index in [-0.39, 0.29) is 24.5 Å². The van der Waals surface area contributed by atoms with Gasteiger partial charge in [-0.1, -0.05) is 41.7 Å². The average Bonchev–Trinajstić information content (AvgIpc) is 3.15. The molecule has 2 aromatic carbocycles. The first-order valence-electron chi connectivity index (χ1n) is 9.95. The molecule has 0 aliphatic carbocycles. The second-order valence-corrected chi connectivity index (χ2v) is 10.5. The van der Waals surface area contributed by atoms with Gasteiger partial charge in [0.1, 0.15) is 0 Å². The van der Waals surface area contributed by atoms with Crippen molar-refractivity contribution < 1.29 is 13.2 Å². The summed E-state index contributed by atoms with van der Waals surface area (Å²) >= 11 is 1.49. The number of hydrogen-bond donors (Lipinski definition) is 0. The molecule has 1 amide bonds. The third-order valence-corrected chi connectivity index (χ3v) is 7.58. The van der Waals surface area contributed by atoms with Crippen LogP contribution in [0, 0.1) is 0 Å². The molecular formula is C22H27N3O3S2. The smallest absolute Gasteiger partial charge is 0.228 e. The van der Waals surface area contributed by atoms with Gasteiger partial charge in [0.15, 0.2) is 15.0 Å². The second-order valence-electron chi connectivity index (χ2n) is 7.40. The van der Waals surface area contributed by atoms with Crippen molar-refractivity contribution in [3.63, 3.8) is 0 Å². The van der Waals surface area contributed by atoms with E-state index in [1.165, 1.54) is 11.3 Å². The SMILES string of the molecule is CN(C)CCCN(C(=O)CCCS(=O)(=O)c1ccccc1)c1nc2ccccc2s1. The minimum atomic E-state index is -3.39. The number of amides is 1. The van der Waals surface area contributed by atoms with Gasteiger partial charge in [0.05, 0.1) is 20.9 Å². The summed E-state index contributed by atoms with van der Waals surface area (Å²) in [5, 5.41) is 0.672. The maximum atomic E-state index is 13.0. The highest BCUT2D eigenvalue weighted by atomic mass is 32.2. The van der Waals surface area contributed by atoms with Crippen LogP contribution in [0.25, 0.3) is 10.2 Å². The molecular weight excluding hydrogens is 418 g/mol. The Kier molecular flexibility index (Phi) is 7.58. The van der Waals surface area contributed by atoms with Crippen LogP contribution in [-0.2, 0) is 14.6 Å². The number of aromatic nitrogens is 1. The predicted octanol–water partition coefficient (Wildman–Crippen LogP) is 3.84. The number of para-hydroxylation sites is 1. The van der Waals surface area contributed by atoms with Crippen molar-refractivity contribution in [1.82, 2.24) is 9.88 Å². The van der Waals surface area contributed by atoms with E-state index in [1.807, 2.05) is 38.4 Å². The summed E-state index contributed by atoms with van der Waals surface area (Å²) in [6.07, 6.45) is 1.27. The first-order valence-corrected chi connectivity index (χ1v) is 12.4. The first kappa shape index (κ1) is 22.4. The number of carbonyl (C=O) groups is 1. The number of anilines is 1. The van der Waals surface area contributed by atoms with Crippen LogP contribution >= 0.6 is 11.3 Å². The van der Waals surface area contributed by atoms with Gasteiger partial charge in [0.2, 0.25) is 5.91 Å². The van der Waals surface area contributed by atoms with Gasteiger partial charge in [0, 0.05) is 13.0 Å². The molecule has 0 atom stereocenters. The summed E-state index contributed by atoms with van der Waals surface area (Å²) in [6, 6.07) is 16.2. The van der Waals surface area contributed by atoms with Crippen LogP contribution in [0.2, 0.25) is 0 Å². The van der Waals surface area contributed by atoms with Gasteiger partial charge in [-0.15, -0.1) is 0 Å². The van der Waals surface area contributed by atoms with Crippen molar-refractivity contribution >= 4 is 42.4 Å². The highest BCUT2D eigenvalue weighted by molar-refractivity contribution is 7.91. The molecule has 1 aromatic heterocycles. The van der Waals surface area contributed by atoms with E-state index < -0.39 is 9.84 Å². The molecule has 0 saturated carbocycles. The van der Waals surface area contributed by atoms with E-state index in [1.54, 1.807) is 35.2 Å². The van der Waals surface area contributed by atoms with Crippen LogP contribution in [0.3, 0.4) is 0 Å². The van der Waals surface area contributed by atoms with Crippen molar-refractivity contribution in [3.8, 4) is 0 Å². The fraction of sp³-hybridized carbons (Fsp3) is 0.364. The Balaban J connectivity index is 1.68. The molecule has 0 bridgehead atoms. The molecule has 0 aliphatic heterocycles. The lowest BCUT2D eigenvalue weighted by Gasteiger charge is -2.21. The molecule has 30 heavy (non-hydrogen) atoms. The molecule has 0 spiro atoms. The number of hydrogen-bond acceptors (Lipinski definition) is 6. The summed E-state index contributed by atoms with van der Waals surface area (Å²) < 4.78 is 26.0. The maximum Gasteiger partial charge on any atom is 0.228 e. The quantitative estimate of drug-likeness (QED) is 0.474. The number of sulfone groups is 1. The van der Waals surface area contributed by atoms with Gasteiger partial charge in [-0.2, -0.15) is 0 Å². The van der Waals surface area contributed by atoms with Gasteiger partial charge >= 0.3 is 0 Å². The lowest BCUT2D eigenvalue weighted by molar-refractivity contribution is -0.118. The monoisotopic (exact) mass is 445 g/mol. The van der Waals surface area contributed by atoms with Crippen molar-refractivity contribution in [2.75, 3.05) is 37.8 Å². The Morgan fingerprint density at radius 3 is 2.37 bits per heavy atom. The van der Waals surface area contributed by atoms with Gasteiger partial charge in [0.25, 0.3) is 0 Å². The lowest BCUT2D eigenvalue weighted by atomic mass is 10.3. The van der Waals surface area contributed by atoms with E-state index in [9.17, 15) is 13.2 Å². The molecule has 0 saturated heterocycles. The number of thiazole rings is 1. The molecule has 160 valence electrons. The number of fused-ring (bicyclic) bond motifs is 1. The summed E-state index contributed by atoms with van der Waals surface area (Å²) in [5.41, 5.74) is 0.870. The highest BCUT2D eigenvalue weighted by Gasteiger charge is 2.21. The number of carbonyl (C=O) groups excluding carboxylic acids is 1. The fourth-order valence-electron chi connectivity index (χ4n) is 3.14. The minimum absolute atomic E-state index is 0.0475. The predicted molar refractivity (Wildman–Crippen MR) is 123 cm³/mol.